The molecule has 10 nitrogen and oxygen atoms in total. The zero-order valence-electron chi connectivity index (χ0n) is 55.2. The third-order valence-electron chi connectivity index (χ3n) is 31.7. The quantitative estimate of drug-likeness (QED) is 0.0739. The lowest BCUT2D eigenvalue weighted by atomic mass is 9.32. The molecule has 21 unspecified atom stereocenters. The van der Waals surface area contributed by atoms with Gasteiger partial charge in [-0.1, -0.05) is 137 Å². The molecule has 16 aliphatic rings. The fourth-order valence-corrected chi connectivity index (χ4v) is 27.7. The number of nitrogens with one attached hydrogen (secondary N) is 1. The van der Waals surface area contributed by atoms with Crippen LogP contribution < -0.4 is 5.32 Å². The number of hydrogen-bond donors (Lipinski definition) is 7. The average Bonchev–Trinajstić information content (AvgIpc) is 1.22. The van der Waals surface area contributed by atoms with E-state index in [1.54, 1.807) is 6.08 Å². The second-order valence-corrected chi connectivity index (χ2v) is 34.7. The maximum atomic E-state index is 15.8. The van der Waals surface area contributed by atoms with Gasteiger partial charge in [0.15, 0.2) is 0 Å². The molecule has 15 bridgehead atoms. The molecule has 1 heterocycles. The highest BCUT2D eigenvalue weighted by Gasteiger charge is 2.87. The van der Waals surface area contributed by atoms with Crippen LogP contribution in [0.15, 0.2) is 78.4 Å². The molecule has 11 fully saturated rings. The molecule has 492 valence electrons. The number of likely N-dealkylation sites (N-methyl/N-ethyl adjacent to an activating group) is 1. The first-order chi connectivity index (χ1) is 44.5. The van der Waals surface area contributed by atoms with Gasteiger partial charge in [-0.25, -0.2) is 4.79 Å². The summed E-state index contributed by atoms with van der Waals surface area (Å²) in [6.45, 7) is 2.23. The number of carbonyl (C=O) groups is 2. The van der Waals surface area contributed by atoms with Crippen molar-refractivity contribution >= 4 is 12.3 Å². The zero-order chi connectivity index (χ0) is 63.0. The Labute approximate surface area is 547 Å². The number of benzene rings is 3. The van der Waals surface area contributed by atoms with Crippen LogP contribution in [0, 0.1) is 98.6 Å². The second-order valence-electron chi connectivity index (χ2n) is 34.7. The molecule has 1 aliphatic heterocycles. The smallest absolute Gasteiger partial charge is 0.331 e. The molecule has 0 amide bonds. The van der Waals surface area contributed by atoms with Crippen LogP contribution in [0.25, 0.3) is 0 Å². The minimum atomic E-state index is -2.29. The predicted molar refractivity (Wildman–Crippen MR) is 353 cm³/mol. The van der Waals surface area contributed by atoms with Gasteiger partial charge in [0.2, 0.25) is 0 Å². The molecule has 3 aromatic rings. The molecule has 11 saturated carbocycles. The number of aliphatic hydroxyl groups is 6. The molecule has 21 atom stereocenters. The Morgan fingerprint density at radius 2 is 1.48 bits per heavy atom. The standard InChI is InChI=1S/C82H105NO9/c1-50(53-14-4-5-15-53)55-23-24-65-72(87)75-35-25-52(43-75)22-21-51-13-10-18-58(37-51)76(31-8-9-32-76)59-19-12-20-60(40-59)77(29-6-3-7-30-77)61-27-34-74(45-61)33-26-54-16-11-17-56(46-84)62(54)41-67(83-2)63-38-57-44-80(89)78(47-74,70(57)64-42-69(86)92-71(63)64)36-28-68-79(48-75,49-85)81(65,90)66(39-55)73(88)82(68,80)91/h10-13,16-20,37,40,42,49-50,52-53,55,57,61,63,65-68,70-73,83-84,87-91H,3-9,14-15,21-25,27-32,34-36,38-39,41,43-48H2,1-2H3. The highest BCUT2D eigenvalue weighted by atomic mass is 16.5. The molecule has 0 radical (unpaired) electrons. The Hall–Kier alpha value is -4.18. The Morgan fingerprint density at radius 1 is 0.717 bits per heavy atom. The summed E-state index contributed by atoms with van der Waals surface area (Å²) in [6.07, 6.45) is 25.5. The maximum absolute atomic E-state index is 15.8. The van der Waals surface area contributed by atoms with Crippen molar-refractivity contribution in [3.8, 4) is 11.8 Å². The summed E-state index contributed by atoms with van der Waals surface area (Å²) in [6, 6.07) is 25.5. The summed E-state index contributed by atoms with van der Waals surface area (Å²) >= 11 is 0. The molecule has 10 heteroatoms. The van der Waals surface area contributed by atoms with Gasteiger partial charge in [-0.2, -0.15) is 0 Å². The van der Waals surface area contributed by atoms with Crippen molar-refractivity contribution in [2.75, 3.05) is 7.05 Å². The van der Waals surface area contributed by atoms with Crippen molar-refractivity contribution in [3.05, 3.63) is 117 Å². The highest BCUT2D eigenvalue weighted by molar-refractivity contribution is 5.86. The van der Waals surface area contributed by atoms with E-state index < -0.39 is 80.4 Å². The van der Waals surface area contributed by atoms with E-state index >= 15 is 15.0 Å². The fourth-order valence-electron chi connectivity index (χ4n) is 27.7. The number of fused-ring (bicyclic) bond motifs is 3. The second kappa shape index (κ2) is 21.9. The number of ether oxygens (including phenoxy) is 1. The molecule has 92 heavy (non-hydrogen) atoms. The van der Waals surface area contributed by atoms with E-state index in [2.05, 4.69) is 78.7 Å². The van der Waals surface area contributed by atoms with Gasteiger partial charge in [0, 0.05) is 57.6 Å². The van der Waals surface area contributed by atoms with Crippen molar-refractivity contribution in [1.82, 2.24) is 5.32 Å². The van der Waals surface area contributed by atoms with E-state index in [1.165, 1.54) is 54.4 Å². The monoisotopic (exact) mass is 1250 g/mol. The average molecular weight is 1250 g/mol. The number of carbonyl (C=O) groups excluding carboxylic acids is 2. The van der Waals surface area contributed by atoms with Gasteiger partial charge in [0.25, 0.3) is 0 Å². The van der Waals surface area contributed by atoms with Crippen molar-refractivity contribution in [3.63, 3.8) is 0 Å². The zero-order valence-corrected chi connectivity index (χ0v) is 55.2. The Balaban J connectivity index is 0.914. The van der Waals surface area contributed by atoms with E-state index in [4.69, 9.17) is 4.74 Å². The van der Waals surface area contributed by atoms with Gasteiger partial charge in [0.1, 0.15) is 23.6 Å². The summed E-state index contributed by atoms with van der Waals surface area (Å²) in [5.74, 6) is 5.41. The SMILES string of the molecule is CNC1Cc2c(cccc2CO)C#CC23CCC(C2)C2(CCCCC2)c2cccc(c2)C2(CCCC2)c2cccc(c2)CCC2CCC4(C2)CC2(C=O)C5CCC6(C3)C3C7=CC(=O)OC7C1CC3CC6(O)C5(O)C(O)C1CC(C(C)C3CCCC3)CCC(C4O)C12O. The van der Waals surface area contributed by atoms with Crippen LogP contribution in [0.1, 0.15) is 232 Å². The first-order valence-electron chi connectivity index (χ1n) is 37.5. The van der Waals surface area contributed by atoms with E-state index in [0.29, 0.717) is 50.9 Å². The number of rotatable bonds is 5. The Kier molecular flexibility index (Phi) is 14.6. The topological polar surface area (TPSA) is 177 Å². The molecule has 0 saturated heterocycles. The van der Waals surface area contributed by atoms with Crippen LogP contribution >= 0.6 is 0 Å². The van der Waals surface area contributed by atoms with Crippen molar-refractivity contribution in [2.24, 2.45) is 86.8 Å². The van der Waals surface area contributed by atoms with Gasteiger partial charge in [-0.05, 0) is 246 Å². The van der Waals surface area contributed by atoms with Crippen molar-refractivity contribution in [2.45, 2.75) is 265 Å². The molecular weight excluding hydrogens is 1140 g/mol. The van der Waals surface area contributed by atoms with Crippen LogP contribution in [-0.4, -0.2) is 91.1 Å². The largest absolute Gasteiger partial charge is 0.454 e. The molecule has 3 aromatic carbocycles. The summed E-state index contributed by atoms with van der Waals surface area (Å²) in [4.78, 5) is 30.2. The molecule has 5 spiro atoms. The summed E-state index contributed by atoms with van der Waals surface area (Å²) in [7, 11) is 1.97. The fraction of sp³-hybridized carbons (Fsp3) is 0.707. The first-order valence-corrected chi connectivity index (χ1v) is 37.5. The minimum Gasteiger partial charge on any atom is -0.454 e. The van der Waals surface area contributed by atoms with E-state index in [1.807, 2.05) is 19.2 Å². The van der Waals surface area contributed by atoms with Gasteiger partial charge in [-0.3, -0.25) is 0 Å². The lowest BCUT2D eigenvalue weighted by Gasteiger charge is -2.75. The van der Waals surface area contributed by atoms with Gasteiger partial charge < -0.3 is 45.5 Å². The lowest BCUT2D eigenvalue weighted by molar-refractivity contribution is -0.385. The molecule has 19 rings (SSSR count). The van der Waals surface area contributed by atoms with Gasteiger partial charge >= 0.3 is 5.97 Å². The highest BCUT2D eigenvalue weighted by Crippen LogP contribution is 2.81. The normalized spacial score (nSPS) is 45.5. The number of aldehydes is 1. The third kappa shape index (κ3) is 8.30. The Bertz CT molecular complexity index is 3510. The Morgan fingerprint density at radius 3 is 2.26 bits per heavy atom. The van der Waals surface area contributed by atoms with Gasteiger partial charge in [0.05, 0.1) is 29.8 Å². The predicted octanol–water partition coefficient (Wildman–Crippen LogP) is 12.6. The van der Waals surface area contributed by atoms with Crippen molar-refractivity contribution in [1.29, 1.82) is 0 Å². The van der Waals surface area contributed by atoms with Crippen LogP contribution in [0.4, 0.5) is 0 Å². The molecular formula is C82H105NO9. The van der Waals surface area contributed by atoms with Crippen LogP contribution in [0.2, 0.25) is 0 Å². The molecule has 0 aromatic heterocycles. The summed E-state index contributed by atoms with van der Waals surface area (Å²) in [5.41, 5.74) is -1.37. The third-order valence-corrected chi connectivity index (χ3v) is 31.7. The maximum Gasteiger partial charge on any atom is 0.331 e. The van der Waals surface area contributed by atoms with E-state index in [0.717, 1.165) is 131 Å². The van der Waals surface area contributed by atoms with Gasteiger partial charge in [-0.15, -0.1) is 0 Å². The van der Waals surface area contributed by atoms with Crippen molar-refractivity contribution < 1.29 is 45.0 Å². The van der Waals surface area contributed by atoms with Crippen LogP contribution in [0.5, 0.6) is 0 Å². The summed E-state index contributed by atoms with van der Waals surface area (Å²) in [5, 5.41) is 89.2. The lowest BCUT2D eigenvalue weighted by Crippen LogP contribution is -2.86. The summed E-state index contributed by atoms with van der Waals surface area (Å²) < 4.78 is 6.65. The minimum absolute atomic E-state index is 0.0600. The molecule has 7 N–H and O–H groups in total. The van der Waals surface area contributed by atoms with Crippen LogP contribution in [0.3, 0.4) is 0 Å². The first kappa shape index (κ1) is 61.4. The number of hydrogen-bond acceptors (Lipinski definition) is 10. The molecule has 15 aliphatic carbocycles. The number of esters is 1. The van der Waals surface area contributed by atoms with E-state index in [9.17, 15) is 25.2 Å². The van der Waals surface area contributed by atoms with Crippen LogP contribution in [-0.2, 0) is 44.6 Å². The van der Waals surface area contributed by atoms with E-state index in [-0.39, 0.29) is 84.2 Å². The number of aryl methyl sites for hydroxylation is 1. The number of aliphatic hydroxyl groups excluding tert-OH is 3.